The monoisotopic (exact) mass is 352 g/mol. The van der Waals surface area contributed by atoms with Crippen LogP contribution < -0.4 is 5.73 Å². The summed E-state index contributed by atoms with van der Waals surface area (Å²) in [6, 6.07) is 9.27. The Balaban J connectivity index is 2.24. The summed E-state index contributed by atoms with van der Waals surface area (Å²) in [4.78, 5) is 2.63. The van der Waals surface area contributed by atoms with Crippen LogP contribution in [0.25, 0.3) is 0 Å². The van der Waals surface area contributed by atoms with Crippen molar-refractivity contribution in [2.75, 3.05) is 13.1 Å². The summed E-state index contributed by atoms with van der Waals surface area (Å²) in [5, 5.41) is 0. The first kappa shape index (κ1) is 17.0. The molecular formula is C18H29BrN2. The summed E-state index contributed by atoms with van der Waals surface area (Å²) < 4.78 is 1.13. The third-order valence-corrected chi connectivity index (χ3v) is 5.98. The highest BCUT2D eigenvalue weighted by atomic mass is 79.9. The van der Waals surface area contributed by atoms with Crippen LogP contribution in [0.15, 0.2) is 28.7 Å². The Morgan fingerprint density at radius 1 is 1.19 bits per heavy atom. The fourth-order valence-corrected chi connectivity index (χ4v) is 3.91. The minimum absolute atomic E-state index is 0.204. The van der Waals surface area contributed by atoms with Gasteiger partial charge in [0.05, 0.1) is 0 Å². The van der Waals surface area contributed by atoms with Gasteiger partial charge in [-0.2, -0.15) is 0 Å². The van der Waals surface area contributed by atoms with Crippen LogP contribution in [0, 0.1) is 5.41 Å². The minimum Gasteiger partial charge on any atom is -0.326 e. The zero-order valence-corrected chi connectivity index (χ0v) is 15.2. The molecule has 0 bridgehead atoms. The normalized spacial score (nSPS) is 21.4. The first-order valence-corrected chi connectivity index (χ1v) is 9.09. The molecule has 0 aliphatic carbocycles. The van der Waals surface area contributed by atoms with Crippen molar-refractivity contribution in [3.63, 3.8) is 0 Å². The Bertz CT molecular complexity index is 439. The van der Waals surface area contributed by atoms with Gasteiger partial charge in [-0.15, -0.1) is 0 Å². The molecule has 0 spiro atoms. The number of hydrogen-bond acceptors (Lipinski definition) is 2. The lowest BCUT2D eigenvalue weighted by Crippen LogP contribution is -2.40. The van der Waals surface area contributed by atoms with Crippen molar-refractivity contribution in [2.45, 2.75) is 58.5 Å². The van der Waals surface area contributed by atoms with Crippen molar-refractivity contribution in [3.8, 4) is 0 Å². The Morgan fingerprint density at radius 2 is 1.81 bits per heavy atom. The van der Waals surface area contributed by atoms with Crippen molar-refractivity contribution in [1.29, 1.82) is 0 Å². The zero-order valence-electron chi connectivity index (χ0n) is 13.6. The quantitative estimate of drug-likeness (QED) is 0.800. The summed E-state index contributed by atoms with van der Waals surface area (Å²) in [7, 11) is 0. The topological polar surface area (TPSA) is 29.3 Å². The highest BCUT2D eigenvalue weighted by Gasteiger charge is 2.39. The Kier molecular flexibility index (Phi) is 5.87. The van der Waals surface area contributed by atoms with E-state index in [1.807, 2.05) is 0 Å². The molecule has 2 nitrogen and oxygen atoms in total. The van der Waals surface area contributed by atoms with Crippen LogP contribution in [0.3, 0.4) is 0 Å². The molecule has 0 aromatic heterocycles. The zero-order chi connectivity index (χ0) is 15.5. The van der Waals surface area contributed by atoms with E-state index in [0.29, 0.717) is 11.5 Å². The lowest BCUT2D eigenvalue weighted by molar-refractivity contribution is 0.172. The van der Waals surface area contributed by atoms with Crippen LogP contribution >= 0.6 is 15.9 Å². The standard InChI is InChI=1S/C18H29BrN2/c1-4-16(20)17(14-7-9-15(19)10-8-14)21-12-11-18(5-2,6-3)13-21/h7-10,16-17H,4-6,11-13,20H2,1-3H3. The van der Waals surface area contributed by atoms with E-state index >= 15 is 0 Å². The van der Waals surface area contributed by atoms with Crippen LogP contribution in [-0.4, -0.2) is 24.0 Å². The highest BCUT2D eigenvalue weighted by Crippen LogP contribution is 2.41. The van der Waals surface area contributed by atoms with Gasteiger partial charge in [0.25, 0.3) is 0 Å². The van der Waals surface area contributed by atoms with E-state index < -0.39 is 0 Å². The van der Waals surface area contributed by atoms with Gasteiger partial charge in [-0.1, -0.05) is 48.8 Å². The number of rotatable bonds is 6. The molecule has 0 amide bonds. The van der Waals surface area contributed by atoms with Crippen LogP contribution in [0.4, 0.5) is 0 Å². The summed E-state index contributed by atoms with van der Waals surface area (Å²) in [6.45, 7) is 9.23. The second kappa shape index (κ2) is 7.26. The molecule has 3 heteroatoms. The maximum atomic E-state index is 6.49. The third-order valence-electron chi connectivity index (χ3n) is 5.45. The number of nitrogens with two attached hydrogens (primary N) is 1. The summed E-state index contributed by atoms with van der Waals surface area (Å²) >= 11 is 3.53. The molecule has 1 aromatic carbocycles. The van der Waals surface area contributed by atoms with Gasteiger partial charge in [-0.25, -0.2) is 0 Å². The smallest absolute Gasteiger partial charge is 0.0499 e. The van der Waals surface area contributed by atoms with Gasteiger partial charge >= 0.3 is 0 Å². The number of likely N-dealkylation sites (tertiary alicyclic amines) is 1. The molecule has 2 N–H and O–H groups in total. The van der Waals surface area contributed by atoms with Crippen LogP contribution in [0.2, 0.25) is 0 Å². The predicted octanol–water partition coefficient (Wildman–Crippen LogP) is 4.74. The maximum Gasteiger partial charge on any atom is 0.0499 e. The molecule has 0 saturated carbocycles. The summed E-state index contributed by atoms with van der Waals surface area (Å²) in [5.74, 6) is 0. The molecule has 1 fully saturated rings. The SMILES string of the molecule is CCC(N)C(c1ccc(Br)cc1)N1CCC(CC)(CC)C1. The van der Waals surface area contributed by atoms with E-state index in [-0.39, 0.29) is 6.04 Å². The Labute approximate surface area is 138 Å². The van der Waals surface area contributed by atoms with Crippen molar-refractivity contribution >= 4 is 15.9 Å². The van der Waals surface area contributed by atoms with E-state index in [1.165, 1.54) is 37.9 Å². The third kappa shape index (κ3) is 3.69. The Morgan fingerprint density at radius 3 is 2.29 bits per heavy atom. The van der Waals surface area contributed by atoms with Crippen molar-refractivity contribution in [3.05, 3.63) is 34.3 Å². The predicted molar refractivity (Wildman–Crippen MR) is 94.4 cm³/mol. The van der Waals surface area contributed by atoms with Crippen LogP contribution in [0.1, 0.15) is 58.1 Å². The van der Waals surface area contributed by atoms with Crippen LogP contribution in [-0.2, 0) is 0 Å². The number of hydrogen-bond donors (Lipinski definition) is 1. The fraction of sp³-hybridized carbons (Fsp3) is 0.667. The molecular weight excluding hydrogens is 324 g/mol. The number of benzene rings is 1. The average Bonchev–Trinajstić information content (AvgIpc) is 2.94. The molecule has 2 atom stereocenters. The maximum absolute atomic E-state index is 6.49. The largest absolute Gasteiger partial charge is 0.326 e. The van der Waals surface area contributed by atoms with Gasteiger partial charge in [0.15, 0.2) is 0 Å². The van der Waals surface area contributed by atoms with E-state index in [1.54, 1.807) is 0 Å². The second-order valence-electron chi connectivity index (χ2n) is 6.50. The average molecular weight is 353 g/mol. The lowest BCUT2D eigenvalue weighted by atomic mass is 9.82. The first-order valence-electron chi connectivity index (χ1n) is 8.30. The van der Waals surface area contributed by atoms with Gasteiger partial charge in [0.2, 0.25) is 0 Å². The molecule has 0 radical (unpaired) electrons. The van der Waals surface area contributed by atoms with Crippen LogP contribution in [0.5, 0.6) is 0 Å². The van der Waals surface area contributed by atoms with E-state index in [4.69, 9.17) is 5.73 Å². The van der Waals surface area contributed by atoms with E-state index in [2.05, 4.69) is 65.9 Å². The lowest BCUT2D eigenvalue weighted by Gasteiger charge is -2.35. The van der Waals surface area contributed by atoms with Crippen molar-refractivity contribution in [1.82, 2.24) is 4.90 Å². The fourth-order valence-electron chi connectivity index (χ4n) is 3.65. The first-order chi connectivity index (χ1) is 10.0. The molecule has 1 saturated heterocycles. The van der Waals surface area contributed by atoms with Gasteiger partial charge in [-0.3, -0.25) is 4.90 Å². The highest BCUT2D eigenvalue weighted by molar-refractivity contribution is 9.10. The number of halogens is 1. The molecule has 1 aliphatic heterocycles. The molecule has 118 valence electrons. The van der Waals surface area contributed by atoms with E-state index in [0.717, 1.165) is 10.9 Å². The molecule has 1 heterocycles. The molecule has 2 unspecified atom stereocenters. The Hall–Kier alpha value is -0.380. The van der Waals surface area contributed by atoms with Gasteiger partial charge in [0, 0.05) is 23.1 Å². The summed E-state index contributed by atoms with van der Waals surface area (Å²) in [5.41, 5.74) is 8.34. The summed E-state index contributed by atoms with van der Waals surface area (Å²) in [6.07, 6.45) is 4.87. The van der Waals surface area contributed by atoms with Crippen molar-refractivity contribution in [2.24, 2.45) is 11.1 Å². The second-order valence-corrected chi connectivity index (χ2v) is 7.41. The van der Waals surface area contributed by atoms with Crippen molar-refractivity contribution < 1.29 is 0 Å². The van der Waals surface area contributed by atoms with E-state index in [9.17, 15) is 0 Å². The molecule has 1 aliphatic rings. The number of nitrogens with zero attached hydrogens (tertiary/aromatic N) is 1. The van der Waals surface area contributed by atoms with Gasteiger partial charge in [0.1, 0.15) is 0 Å². The van der Waals surface area contributed by atoms with Gasteiger partial charge < -0.3 is 5.73 Å². The molecule has 21 heavy (non-hydrogen) atoms. The van der Waals surface area contributed by atoms with Gasteiger partial charge in [-0.05, 0) is 55.3 Å². The molecule has 1 aromatic rings. The minimum atomic E-state index is 0.204. The molecule has 2 rings (SSSR count).